The second-order valence-corrected chi connectivity index (χ2v) is 6.97. The summed E-state index contributed by atoms with van der Waals surface area (Å²) < 4.78 is 27.3. The minimum Gasteiger partial charge on any atom is -0.332 e. The van der Waals surface area contributed by atoms with Gasteiger partial charge in [-0.05, 0) is 31.9 Å². The van der Waals surface area contributed by atoms with Crippen LogP contribution in [0.1, 0.15) is 19.8 Å². The van der Waals surface area contributed by atoms with Crippen LogP contribution in [0.25, 0.3) is 0 Å². The monoisotopic (exact) mass is 405 g/mol. The molecule has 1 aromatic carbocycles. The van der Waals surface area contributed by atoms with Gasteiger partial charge in [0.05, 0.1) is 18.4 Å². The average molecular weight is 405 g/mol. The summed E-state index contributed by atoms with van der Waals surface area (Å²) in [6, 6.07) is 3.17. The van der Waals surface area contributed by atoms with E-state index in [1.807, 2.05) is 12.2 Å². The highest BCUT2D eigenvalue weighted by Crippen LogP contribution is 2.34. The van der Waals surface area contributed by atoms with Crippen LogP contribution in [0.3, 0.4) is 0 Å². The largest absolute Gasteiger partial charge is 0.332 e. The van der Waals surface area contributed by atoms with Gasteiger partial charge in [-0.1, -0.05) is 18.2 Å². The molecule has 0 aromatic heterocycles. The van der Waals surface area contributed by atoms with Crippen molar-refractivity contribution in [2.24, 2.45) is 11.8 Å². The van der Waals surface area contributed by atoms with E-state index in [1.165, 1.54) is 6.07 Å². The molecular weight excluding hydrogens is 384 g/mol. The van der Waals surface area contributed by atoms with Crippen LogP contribution in [0.2, 0.25) is 0 Å². The number of carbonyl (C=O) groups excluding carboxylic acids is 4. The van der Waals surface area contributed by atoms with Crippen LogP contribution < -0.4 is 5.32 Å². The van der Waals surface area contributed by atoms with Crippen molar-refractivity contribution in [3.05, 3.63) is 42.0 Å². The highest BCUT2D eigenvalue weighted by Gasteiger charge is 2.47. The second kappa shape index (κ2) is 8.50. The number of anilines is 1. The summed E-state index contributed by atoms with van der Waals surface area (Å²) in [6.07, 6.45) is 4.63. The topological polar surface area (TPSA) is 86.8 Å². The first-order chi connectivity index (χ1) is 13.8. The van der Waals surface area contributed by atoms with Crippen molar-refractivity contribution >= 4 is 29.3 Å². The number of nitrogens with one attached hydrogen (secondary N) is 1. The third-order valence-corrected chi connectivity index (χ3v) is 5.19. The SMILES string of the molecule is CCN(CC(=O)Nc1c(F)cccc1F)C(=O)CN1C(=O)[C@@H]2CC=CC[C@H]2C1=O. The minimum atomic E-state index is -0.933. The van der Waals surface area contributed by atoms with Crippen LogP contribution in [-0.2, 0) is 19.2 Å². The van der Waals surface area contributed by atoms with Crippen molar-refractivity contribution in [2.45, 2.75) is 19.8 Å². The number of rotatable bonds is 6. The predicted molar refractivity (Wildman–Crippen MR) is 99.3 cm³/mol. The molecule has 2 aliphatic rings. The van der Waals surface area contributed by atoms with Crippen molar-refractivity contribution in [1.29, 1.82) is 0 Å². The van der Waals surface area contributed by atoms with Crippen molar-refractivity contribution in [2.75, 3.05) is 25.0 Å². The third-order valence-electron chi connectivity index (χ3n) is 5.19. The van der Waals surface area contributed by atoms with E-state index in [-0.39, 0.29) is 18.4 Å². The fourth-order valence-electron chi connectivity index (χ4n) is 3.61. The van der Waals surface area contributed by atoms with E-state index in [0.29, 0.717) is 12.8 Å². The lowest BCUT2D eigenvalue weighted by atomic mass is 9.85. The van der Waals surface area contributed by atoms with Crippen molar-refractivity contribution in [3.8, 4) is 0 Å². The molecule has 2 atom stereocenters. The van der Waals surface area contributed by atoms with Crippen LogP contribution in [0.5, 0.6) is 0 Å². The van der Waals surface area contributed by atoms with Crippen LogP contribution >= 0.6 is 0 Å². The average Bonchev–Trinajstić information content (AvgIpc) is 2.94. The minimum absolute atomic E-state index is 0.122. The van der Waals surface area contributed by atoms with Crippen molar-refractivity contribution in [1.82, 2.24) is 9.80 Å². The molecule has 0 bridgehead atoms. The number of imide groups is 1. The Morgan fingerprint density at radius 3 is 2.17 bits per heavy atom. The maximum atomic E-state index is 13.7. The van der Waals surface area contributed by atoms with Gasteiger partial charge in [0.1, 0.15) is 23.9 Å². The number of hydrogen-bond acceptors (Lipinski definition) is 4. The fourth-order valence-corrected chi connectivity index (χ4v) is 3.61. The molecule has 1 fully saturated rings. The number of likely N-dealkylation sites (N-methyl/N-ethyl adjacent to an activating group) is 1. The Hall–Kier alpha value is -3.10. The van der Waals surface area contributed by atoms with Crippen LogP contribution in [0, 0.1) is 23.5 Å². The number of carbonyl (C=O) groups is 4. The molecule has 0 saturated carbocycles. The van der Waals surface area contributed by atoms with Crippen LogP contribution in [0.15, 0.2) is 30.4 Å². The van der Waals surface area contributed by atoms with Gasteiger partial charge in [-0.25, -0.2) is 8.78 Å². The van der Waals surface area contributed by atoms with Crippen LogP contribution in [0.4, 0.5) is 14.5 Å². The zero-order valence-corrected chi connectivity index (χ0v) is 15.9. The van der Waals surface area contributed by atoms with E-state index < -0.39 is 54.1 Å². The maximum Gasteiger partial charge on any atom is 0.244 e. The summed E-state index contributed by atoms with van der Waals surface area (Å²) in [5, 5.41) is 2.11. The molecule has 154 valence electrons. The summed E-state index contributed by atoms with van der Waals surface area (Å²) in [7, 11) is 0. The zero-order valence-electron chi connectivity index (χ0n) is 15.9. The lowest BCUT2D eigenvalue weighted by molar-refractivity contribution is -0.146. The summed E-state index contributed by atoms with van der Waals surface area (Å²) in [5.74, 6) is -4.90. The highest BCUT2D eigenvalue weighted by atomic mass is 19.1. The number of fused-ring (bicyclic) bond motifs is 1. The van der Waals surface area contributed by atoms with Crippen molar-refractivity contribution < 1.29 is 28.0 Å². The quantitative estimate of drug-likeness (QED) is 0.577. The smallest absolute Gasteiger partial charge is 0.244 e. The van der Waals surface area contributed by atoms with Gasteiger partial charge in [0, 0.05) is 6.54 Å². The molecule has 4 amide bonds. The molecule has 1 saturated heterocycles. The molecule has 9 heteroatoms. The number of allylic oxidation sites excluding steroid dienone is 2. The fraction of sp³-hybridized carbons (Fsp3) is 0.400. The first-order valence-corrected chi connectivity index (χ1v) is 9.35. The maximum absolute atomic E-state index is 13.7. The molecule has 3 rings (SSSR count). The number of para-hydroxylation sites is 1. The number of amides is 4. The first kappa shape index (κ1) is 20.6. The molecule has 1 aliphatic carbocycles. The zero-order chi connectivity index (χ0) is 21.1. The Bertz CT molecular complexity index is 840. The van der Waals surface area contributed by atoms with E-state index in [4.69, 9.17) is 0 Å². The lowest BCUT2D eigenvalue weighted by Gasteiger charge is -2.23. The summed E-state index contributed by atoms with van der Waals surface area (Å²) in [4.78, 5) is 51.8. The normalized spacial score (nSPS) is 20.6. The molecular formula is C20H21F2N3O4. The number of benzene rings is 1. The Labute approximate surface area is 166 Å². The van der Waals surface area contributed by atoms with Gasteiger partial charge >= 0.3 is 0 Å². The van der Waals surface area contributed by atoms with Gasteiger partial charge in [-0.15, -0.1) is 0 Å². The molecule has 0 radical (unpaired) electrons. The van der Waals surface area contributed by atoms with Gasteiger partial charge in [-0.2, -0.15) is 0 Å². The summed E-state index contributed by atoms with van der Waals surface area (Å²) in [6.45, 7) is 0.816. The standard InChI is InChI=1S/C20H21F2N3O4/c1-2-24(10-16(26)23-18-14(21)8-5-9-15(18)22)17(27)11-25-19(28)12-6-3-4-7-13(12)20(25)29/h3-5,8-9,12-13H,2,6-7,10-11H2,1H3,(H,23,26)/t12-,13-/m1/s1. The van der Waals surface area contributed by atoms with Gasteiger partial charge < -0.3 is 10.2 Å². The number of halogens is 2. The van der Waals surface area contributed by atoms with E-state index in [2.05, 4.69) is 5.32 Å². The van der Waals surface area contributed by atoms with E-state index in [9.17, 15) is 28.0 Å². The van der Waals surface area contributed by atoms with Gasteiger partial charge in [0.25, 0.3) is 0 Å². The van der Waals surface area contributed by atoms with Gasteiger partial charge in [0.2, 0.25) is 23.6 Å². The molecule has 0 spiro atoms. The van der Waals surface area contributed by atoms with Gasteiger partial charge in [-0.3, -0.25) is 24.1 Å². The Kier molecular flexibility index (Phi) is 6.05. The van der Waals surface area contributed by atoms with Crippen LogP contribution in [-0.4, -0.2) is 53.1 Å². The Morgan fingerprint density at radius 1 is 1.10 bits per heavy atom. The number of hydrogen-bond donors (Lipinski definition) is 1. The highest BCUT2D eigenvalue weighted by molar-refractivity contribution is 6.07. The number of nitrogens with zero attached hydrogens (tertiary/aromatic N) is 2. The molecule has 1 heterocycles. The second-order valence-electron chi connectivity index (χ2n) is 6.97. The Morgan fingerprint density at radius 2 is 1.66 bits per heavy atom. The van der Waals surface area contributed by atoms with E-state index >= 15 is 0 Å². The molecule has 1 aliphatic heterocycles. The Balaban J connectivity index is 1.63. The molecule has 29 heavy (non-hydrogen) atoms. The van der Waals surface area contributed by atoms with Crippen molar-refractivity contribution in [3.63, 3.8) is 0 Å². The first-order valence-electron chi connectivity index (χ1n) is 9.35. The summed E-state index contributed by atoms with van der Waals surface area (Å²) in [5.41, 5.74) is -0.595. The summed E-state index contributed by atoms with van der Waals surface area (Å²) >= 11 is 0. The predicted octanol–water partition coefficient (Wildman–Crippen LogP) is 1.70. The molecule has 1 aromatic rings. The van der Waals surface area contributed by atoms with E-state index in [1.54, 1.807) is 6.92 Å². The molecule has 1 N–H and O–H groups in total. The molecule has 0 unspecified atom stereocenters. The van der Waals surface area contributed by atoms with Gasteiger partial charge in [0.15, 0.2) is 0 Å². The third kappa shape index (κ3) is 4.18. The molecule has 7 nitrogen and oxygen atoms in total. The van der Waals surface area contributed by atoms with E-state index in [0.717, 1.165) is 21.9 Å². The lowest BCUT2D eigenvalue weighted by Crippen LogP contribution is -2.45. The number of likely N-dealkylation sites (tertiary alicyclic amines) is 1.